The molecule has 2 N–H and O–H groups in total. The standard InChI is InChI=1S/C20H28N6OS/c1-5-25(6-2)10-9-21-19(27)17-23-18-16-14-11-12(3)7-8-15(14)28-20(16)22-13(4)26(18)24-17/h12H,5-11H2,1-4H3,(H,21,27)/p+1/t12-/m0/s1. The summed E-state index contributed by atoms with van der Waals surface area (Å²) in [5.41, 5.74) is 2.13. The Hall–Kier alpha value is -2.06. The number of hydrogen-bond donors (Lipinski definition) is 2. The van der Waals surface area contributed by atoms with E-state index in [9.17, 15) is 4.79 Å². The number of fused-ring (bicyclic) bond motifs is 5. The number of hydrogen-bond acceptors (Lipinski definition) is 5. The molecule has 1 aliphatic carbocycles. The van der Waals surface area contributed by atoms with E-state index in [2.05, 4.69) is 36.2 Å². The quantitative estimate of drug-likeness (QED) is 0.655. The molecule has 0 radical (unpaired) electrons. The molecule has 0 bridgehead atoms. The van der Waals surface area contributed by atoms with E-state index in [-0.39, 0.29) is 11.7 Å². The second-order valence-corrected chi connectivity index (χ2v) is 8.91. The van der Waals surface area contributed by atoms with E-state index in [0.717, 1.165) is 54.2 Å². The minimum atomic E-state index is -0.208. The summed E-state index contributed by atoms with van der Waals surface area (Å²) in [5, 5.41) is 8.54. The summed E-state index contributed by atoms with van der Waals surface area (Å²) in [6, 6.07) is 0. The fourth-order valence-electron chi connectivity index (χ4n) is 4.08. The fraction of sp³-hybridized carbons (Fsp3) is 0.600. The lowest BCUT2D eigenvalue weighted by molar-refractivity contribution is -0.895. The number of thiophene rings is 1. The third-order valence-electron chi connectivity index (χ3n) is 5.86. The molecule has 7 nitrogen and oxygen atoms in total. The minimum Gasteiger partial charge on any atom is -0.344 e. The molecule has 28 heavy (non-hydrogen) atoms. The fourth-order valence-corrected chi connectivity index (χ4v) is 5.33. The zero-order valence-electron chi connectivity index (χ0n) is 17.1. The van der Waals surface area contributed by atoms with Gasteiger partial charge in [0.2, 0.25) is 5.82 Å². The van der Waals surface area contributed by atoms with E-state index < -0.39 is 0 Å². The number of aryl methyl sites for hydroxylation is 2. The molecule has 1 amide bonds. The number of nitrogens with zero attached hydrogens (tertiary/aromatic N) is 4. The molecule has 3 aromatic heterocycles. The Labute approximate surface area is 169 Å². The van der Waals surface area contributed by atoms with E-state index in [1.807, 2.05) is 6.92 Å². The maximum atomic E-state index is 12.6. The van der Waals surface area contributed by atoms with Crippen LogP contribution in [-0.2, 0) is 12.8 Å². The topological polar surface area (TPSA) is 76.6 Å². The first kappa shape index (κ1) is 19.3. The highest BCUT2D eigenvalue weighted by atomic mass is 32.1. The van der Waals surface area contributed by atoms with Gasteiger partial charge in [-0.25, -0.2) is 9.97 Å². The number of carbonyl (C=O) groups is 1. The molecule has 0 aliphatic heterocycles. The van der Waals surface area contributed by atoms with Crippen LogP contribution in [0.15, 0.2) is 0 Å². The van der Waals surface area contributed by atoms with Gasteiger partial charge in [-0.05, 0) is 51.5 Å². The highest BCUT2D eigenvalue weighted by Crippen LogP contribution is 2.38. The molecule has 3 heterocycles. The monoisotopic (exact) mass is 401 g/mol. The van der Waals surface area contributed by atoms with Crippen LogP contribution in [0.3, 0.4) is 0 Å². The number of likely N-dealkylation sites (N-methyl/N-ethyl adjacent to an activating group) is 1. The van der Waals surface area contributed by atoms with Crippen LogP contribution in [0.1, 0.15) is 54.1 Å². The van der Waals surface area contributed by atoms with Crippen molar-refractivity contribution in [3.05, 3.63) is 22.1 Å². The lowest BCUT2D eigenvalue weighted by Crippen LogP contribution is -3.12. The van der Waals surface area contributed by atoms with Crippen molar-refractivity contribution in [2.24, 2.45) is 5.92 Å². The zero-order chi connectivity index (χ0) is 19.8. The first-order valence-electron chi connectivity index (χ1n) is 10.3. The van der Waals surface area contributed by atoms with Gasteiger partial charge in [0.1, 0.15) is 10.7 Å². The molecule has 0 saturated heterocycles. The maximum Gasteiger partial charge on any atom is 0.291 e. The van der Waals surface area contributed by atoms with E-state index in [0.29, 0.717) is 12.5 Å². The number of rotatable bonds is 6. The molecule has 0 aromatic carbocycles. The molecule has 0 fully saturated rings. The van der Waals surface area contributed by atoms with Gasteiger partial charge in [-0.1, -0.05) is 6.92 Å². The summed E-state index contributed by atoms with van der Waals surface area (Å²) in [4.78, 5) is 25.9. The van der Waals surface area contributed by atoms with E-state index in [4.69, 9.17) is 4.98 Å². The normalized spacial score (nSPS) is 16.8. The Balaban J connectivity index is 1.66. The Morgan fingerprint density at radius 2 is 2.11 bits per heavy atom. The summed E-state index contributed by atoms with van der Waals surface area (Å²) in [7, 11) is 0. The summed E-state index contributed by atoms with van der Waals surface area (Å²) in [5.74, 6) is 1.46. The second kappa shape index (κ2) is 7.75. The van der Waals surface area contributed by atoms with Crippen molar-refractivity contribution in [2.45, 2.75) is 47.0 Å². The Morgan fingerprint density at radius 1 is 1.32 bits per heavy atom. The molecular weight excluding hydrogens is 372 g/mol. The van der Waals surface area contributed by atoms with Crippen molar-refractivity contribution < 1.29 is 9.69 Å². The van der Waals surface area contributed by atoms with E-state index >= 15 is 0 Å². The Morgan fingerprint density at radius 3 is 2.86 bits per heavy atom. The van der Waals surface area contributed by atoms with Crippen LogP contribution in [0.4, 0.5) is 0 Å². The molecular formula is C20H29N6OS+. The van der Waals surface area contributed by atoms with Crippen LogP contribution < -0.4 is 10.2 Å². The Kier molecular flexibility index (Phi) is 5.33. The predicted molar refractivity (Wildman–Crippen MR) is 111 cm³/mol. The van der Waals surface area contributed by atoms with Crippen LogP contribution in [0.25, 0.3) is 15.9 Å². The molecule has 4 rings (SSSR count). The SMILES string of the molecule is CC[NH+](CC)CCNC(=O)c1nc2c3c4c(sc3nc(C)n2n1)CC[C@H](C)C4. The average Bonchev–Trinajstić information content (AvgIpc) is 3.26. The van der Waals surface area contributed by atoms with Crippen molar-refractivity contribution in [1.29, 1.82) is 0 Å². The van der Waals surface area contributed by atoms with Crippen molar-refractivity contribution in [1.82, 2.24) is 24.9 Å². The van der Waals surface area contributed by atoms with Crippen molar-refractivity contribution in [2.75, 3.05) is 26.2 Å². The van der Waals surface area contributed by atoms with Gasteiger partial charge in [0.05, 0.1) is 31.6 Å². The third-order valence-corrected chi connectivity index (χ3v) is 7.04. The Bertz CT molecular complexity index is 1020. The van der Waals surface area contributed by atoms with Crippen molar-refractivity contribution in [3.8, 4) is 0 Å². The number of carbonyl (C=O) groups excluding carboxylic acids is 1. The maximum absolute atomic E-state index is 12.6. The summed E-state index contributed by atoms with van der Waals surface area (Å²) in [6.45, 7) is 12.2. The molecule has 1 aliphatic rings. The van der Waals surface area contributed by atoms with E-state index in [1.165, 1.54) is 21.8 Å². The summed E-state index contributed by atoms with van der Waals surface area (Å²) >= 11 is 1.77. The van der Waals surface area contributed by atoms with Crippen molar-refractivity contribution >= 4 is 33.1 Å². The zero-order valence-corrected chi connectivity index (χ0v) is 17.9. The van der Waals surface area contributed by atoms with Gasteiger partial charge in [0.25, 0.3) is 5.91 Å². The van der Waals surface area contributed by atoms with E-state index in [1.54, 1.807) is 15.9 Å². The number of nitrogens with one attached hydrogen (secondary N) is 2. The van der Waals surface area contributed by atoms with Gasteiger partial charge in [-0.3, -0.25) is 4.79 Å². The lowest BCUT2D eigenvalue weighted by atomic mass is 9.89. The predicted octanol–water partition coefficient (Wildman–Crippen LogP) is 1.43. The van der Waals surface area contributed by atoms with Gasteiger partial charge >= 0.3 is 0 Å². The van der Waals surface area contributed by atoms with Gasteiger partial charge in [0, 0.05) is 4.88 Å². The van der Waals surface area contributed by atoms with Crippen LogP contribution in [-0.4, -0.2) is 51.7 Å². The van der Waals surface area contributed by atoms with Crippen LogP contribution in [0.5, 0.6) is 0 Å². The summed E-state index contributed by atoms with van der Waals surface area (Å²) < 4.78 is 1.74. The molecule has 8 heteroatoms. The minimum absolute atomic E-state index is 0.208. The largest absolute Gasteiger partial charge is 0.344 e. The molecule has 0 saturated carbocycles. The smallest absolute Gasteiger partial charge is 0.291 e. The highest BCUT2D eigenvalue weighted by Gasteiger charge is 2.25. The number of amides is 1. The summed E-state index contributed by atoms with van der Waals surface area (Å²) in [6.07, 6.45) is 3.39. The molecule has 3 aromatic rings. The number of aromatic nitrogens is 4. The first-order chi connectivity index (χ1) is 13.5. The molecule has 0 unspecified atom stereocenters. The second-order valence-electron chi connectivity index (χ2n) is 7.82. The van der Waals surface area contributed by atoms with Crippen molar-refractivity contribution in [3.63, 3.8) is 0 Å². The van der Waals surface area contributed by atoms with Gasteiger partial charge in [-0.15, -0.1) is 16.4 Å². The molecule has 0 spiro atoms. The van der Waals surface area contributed by atoms with Gasteiger partial charge in [0.15, 0.2) is 5.65 Å². The van der Waals surface area contributed by atoms with Gasteiger partial charge in [-0.2, -0.15) is 4.52 Å². The van der Waals surface area contributed by atoms with Gasteiger partial charge < -0.3 is 10.2 Å². The third kappa shape index (κ3) is 3.39. The highest BCUT2D eigenvalue weighted by molar-refractivity contribution is 7.19. The van der Waals surface area contributed by atoms with Crippen LogP contribution in [0, 0.1) is 12.8 Å². The first-order valence-corrected chi connectivity index (χ1v) is 11.1. The van der Waals surface area contributed by atoms with Crippen LogP contribution in [0.2, 0.25) is 0 Å². The average molecular weight is 402 g/mol. The van der Waals surface area contributed by atoms with Crippen LogP contribution >= 0.6 is 11.3 Å². The lowest BCUT2D eigenvalue weighted by Gasteiger charge is -2.17. The molecule has 1 atom stereocenters. The molecule has 150 valence electrons. The number of quaternary nitrogens is 1.